The lowest BCUT2D eigenvalue weighted by atomic mass is 10.3. The molecule has 0 radical (unpaired) electrons. The lowest BCUT2D eigenvalue weighted by Gasteiger charge is -2.23. The van der Waals surface area contributed by atoms with Gasteiger partial charge in [0.05, 0.1) is 5.75 Å². The summed E-state index contributed by atoms with van der Waals surface area (Å²) in [5, 5.41) is 0. The Morgan fingerprint density at radius 3 is 2.50 bits per heavy atom. The maximum Gasteiger partial charge on any atom is 0.217 e. The van der Waals surface area contributed by atoms with Gasteiger partial charge in [0, 0.05) is 24.5 Å². The van der Waals surface area contributed by atoms with E-state index in [0.717, 1.165) is 5.75 Å². The number of anilines is 1. The molecule has 0 bridgehead atoms. The Kier molecular flexibility index (Phi) is 6.64. The molecule has 7 heteroatoms. The van der Waals surface area contributed by atoms with Crippen molar-refractivity contribution in [3.8, 4) is 5.75 Å². The molecule has 1 unspecified atom stereocenters. The van der Waals surface area contributed by atoms with Crippen LogP contribution in [0, 0.1) is 0 Å². The molecule has 0 fully saturated rings. The molecule has 0 heterocycles. The molecule has 1 aromatic rings. The van der Waals surface area contributed by atoms with Gasteiger partial charge in [0.25, 0.3) is 0 Å². The van der Waals surface area contributed by atoms with Crippen LogP contribution in [0.5, 0.6) is 5.75 Å². The summed E-state index contributed by atoms with van der Waals surface area (Å²) < 4.78 is 31.0. The Labute approximate surface area is 125 Å². The average molecular weight is 318 g/mol. The van der Waals surface area contributed by atoms with Crippen molar-refractivity contribution in [3.63, 3.8) is 0 Å². The number of benzene rings is 1. The van der Waals surface area contributed by atoms with Gasteiger partial charge in [0.15, 0.2) is 0 Å². The third kappa shape index (κ3) is 5.22. The van der Waals surface area contributed by atoms with Crippen molar-refractivity contribution in [2.45, 2.75) is 13.0 Å². The van der Waals surface area contributed by atoms with Gasteiger partial charge in [-0.1, -0.05) is 0 Å². The van der Waals surface area contributed by atoms with Gasteiger partial charge < -0.3 is 10.5 Å². The quantitative estimate of drug-likeness (QED) is 0.738. The minimum Gasteiger partial charge on any atom is -0.492 e. The molecule has 0 aromatic heterocycles. The van der Waals surface area contributed by atoms with Crippen molar-refractivity contribution in [1.82, 2.24) is 4.31 Å². The zero-order valence-electron chi connectivity index (χ0n) is 12.1. The van der Waals surface area contributed by atoms with E-state index in [2.05, 4.69) is 0 Å². The first kappa shape index (κ1) is 17.1. The fourth-order valence-electron chi connectivity index (χ4n) is 1.59. The van der Waals surface area contributed by atoms with Crippen molar-refractivity contribution in [2.75, 3.05) is 37.1 Å². The van der Waals surface area contributed by atoms with Crippen molar-refractivity contribution in [2.24, 2.45) is 0 Å². The van der Waals surface area contributed by atoms with E-state index >= 15 is 0 Å². The number of ether oxygens (including phenoxy) is 1. The molecule has 0 amide bonds. The van der Waals surface area contributed by atoms with Gasteiger partial charge in [-0.15, -0.1) is 0 Å². The van der Waals surface area contributed by atoms with Crippen molar-refractivity contribution in [3.05, 3.63) is 24.3 Å². The Bertz CT molecular complexity index is 503. The van der Waals surface area contributed by atoms with Crippen molar-refractivity contribution < 1.29 is 13.2 Å². The van der Waals surface area contributed by atoms with Gasteiger partial charge in [-0.05, 0) is 37.4 Å². The lowest BCUT2D eigenvalue weighted by Crippen LogP contribution is -2.39. The molecule has 0 aliphatic heterocycles. The van der Waals surface area contributed by atoms with Crippen LogP contribution in [0.4, 0.5) is 5.69 Å². The van der Waals surface area contributed by atoms with E-state index in [0.29, 0.717) is 11.4 Å². The predicted molar refractivity (Wildman–Crippen MR) is 85.7 cm³/mol. The highest BCUT2D eigenvalue weighted by Crippen LogP contribution is 2.14. The first-order valence-corrected chi connectivity index (χ1v) is 9.30. The van der Waals surface area contributed by atoms with E-state index in [4.69, 9.17) is 10.5 Å². The molecule has 1 aromatic carbocycles. The predicted octanol–water partition coefficient (Wildman–Crippen LogP) is 1.66. The molecular weight excluding hydrogens is 296 g/mol. The molecule has 0 aliphatic carbocycles. The Balaban J connectivity index is 2.49. The maximum atomic E-state index is 12.1. The van der Waals surface area contributed by atoms with Crippen LogP contribution in [0.15, 0.2) is 24.3 Å². The largest absolute Gasteiger partial charge is 0.492 e. The summed E-state index contributed by atoms with van der Waals surface area (Å²) >= 11 is 1.63. The Morgan fingerprint density at radius 1 is 1.35 bits per heavy atom. The number of rotatable bonds is 8. The average Bonchev–Trinajstić information content (AvgIpc) is 2.40. The van der Waals surface area contributed by atoms with Crippen LogP contribution in [0.2, 0.25) is 0 Å². The number of nitrogen functional groups attached to an aromatic ring is 1. The zero-order chi connectivity index (χ0) is 15.2. The highest BCUT2D eigenvalue weighted by Gasteiger charge is 2.22. The first-order valence-electron chi connectivity index (χ1n) is 6.30. The first-order chi connectivity index (χ1) is 9.36. The van der Waals surface area contributed by atoms with Crippen LogP contribution in [0.3, 0.4) is 0 Å². The molecule has 0 saturated heterocycles. The van der Waals surface area contributed by atoms with Crippen LogP contribution in [0.25, 0.3) is 0 Å². The molecule has 0 spiro atoms. The van der Waals surface area contributed by atoms with Crippen molar-refractivity contribution >= 4 is 27.5 Å². The SMILES string of the molecule is CSCC(C)N(C)S(=O)(=O)CCOc1ccc(N)cc1. The number of thioether (sulfide) groups is 1. The number of hydrogen-bond acceptors (Lipinski definition) is 5. The van der Waals surface area contributed by atoms with Crippen LogP contribution in [0.1, 0.15) is 6.92 Å². The molecule has 5 nitrogen and oxygen atoms in total. The monoisotopic (exact) mass is 318 g/mol. The summed E-state index contributed by atoms with van der Waals surface area (Å²) in [7, 11) is -1.68. The number of sulfonamides is 1. The van der Waals surface area contributed by atoms with Gasteiger partial charge in [-0.3, -0.25) is 0 Å². The van der Waals surface area contributed by atoms with Gasteiger partial charge in [-0.2, -0.15) is 11.8 Å². The maximum absolute atomic E-state index is 12.1. The molecule has 2 N–H and O–H groups in total. The van der Waals surface area contributed by atoms with Crippen molar-refractivity contribution in [1.29, 1.82) is 0 Å². The van der Waals surface area contributed by atoms with Crippen LogP contribution in [-0.4, -0.2) is 50.2 Å². The molecule has 20 heavy (non-hydrogen) atoms. The molecular formula is C13H22N2O3S2. The highest BCUT2D eigenvalue weighted by atomic mass is 32.2. The standard InChI is InChI=1S/C13H22N2O3S2/c1-11(10-19-3)15(2)20(16,17)9-8-18-13-6-4-12(14)5-7-13/h4-7,11H,8-10,14H2,1-3H3. The smallest absolute Gasteiger partial charge is 0.217 e. The van der Waals surface area contributed by atoms with E-state index in [1.54, 1.807) is 43.1 Å². The Hall–Kier alpha value is -0.920. The van der Waals surface area contributed by atoms with Crippen LogP contribution < -0.4 is 10.5 Å². The second-order valence-electron chi connectivity index (χ2n) is 4.55. The summed E-state index contributed by atoms with van der Waals surface area (Å²) in [6, 6.07) is 6.86. The molecule has 0 saturated carbocycles. The van der Waals surface area contributed by atoms with Crippen LogP contribution >= 0.6 is 11.8 Å². The third-order valence-corrected chi connectivity index (χ3v) is 5.69. The molecule has 114 valence electrons. The lowest BCUT2D eigenvalue weighted by molar-refractivity contribution is 0.334. The summed E-state index contributed by atoms with van der Waals surface area (Å²) in [5.74, 6) is 1.36. The van der Waals surface area contributed by atoms with Gasteiger partial charge >= 0.3 is 0 Å². The number of nitrogens with two attached hydrogens (primary N) is 1. The summed E-state index contributed by atoms with van der Waals surface area (Å²) in [4.78, 5) is 0. The number of hydrogen-bond donors (Lipinski definition) is 1. The fourth-order valence-corrected chi connectivity index (χ4v) is 3.60. The normalized spacial score (nSPS) is 13.4. The highest BCUT2D eigenvalue weighted by molar-refractivity contribution is 7.98. The van der Waals surface area contributed by atoms with Gasteiger partial charge in [0.2, 0.25) is 10.0 Å². The fraction of sp³-hybridized carbons (Fsp3) is 0.538. The van der Waals surface area contributed by atoms with E-state index < -0.39 is 10.0 Å². The van der Waals surface area contributed by atoms with Gasteiger partial charge in [0.1, 0.15) is 12.4 Å². The Morgan fingerprint density at radius 2 is 1.95 bits per heavy atom. The summed E-state index contributed by atoms with van der Waals surface area (Å²) in [5.41, 5.74) is 6.21. The van der Waals surface area contributed by atoms with E-state index in [1.807, 2.05) is 13.2 Å². The van der Waals surface area contributed by atoms with Gasteiger partial charge in [-0.25, -0.2) is 12.7 Å². The molecule has 1 atom stereocenters. The summed E-state index contributed by atoms with van der Waals surface area (Å²) in [6.45, 7) is 2.03. The number of nitrogens with zero attached hydrogens (tertiary/aromatic N) is 1. The van der Waals surface area contributed by atoms with E-state index in [1.165, 1.54) is 4.31 Å². The molecule has 0 aliphatic rings. The second kappa shape index (κ2) is 7.75. The van der Waals surface area contributed by atoms with E-state index in [9.17, 15) is 8.42 Å². The third-order valence-electron chi connectivity index (χ3n) is 2.96. The zero-order valence-corrected chi connectivity index (χ0v) is 13.7. The molecule has 1 rings (SSSR count). The van der Waals surface area contributed by atoms with E-state index in [-0.39, 0.29) is 18.4 Å². The minimum absolute atomic E-state index is 0.0217. The van der Waals surface area contributed by atoms with Crippen LogP contribution in [-0.2, 0) is 10.0 Å². The summed E-state index contributed by atoms with van der Waals surface area (Å²) in [6.07, 6.45) is 1.96. The second-order valence-corrected chi connectivity index (χ2v) is 7.61. The minimum atomic E-state index is -3.29. The topological polar surface area (TPSA) is 72.6 Å².